The standard InChI is InChI=1S/C28H37N5O3S/c1-17(2)36-25-15-20(19-10-12-30-13-11-19)18(3)14-21(25)22-16-31-27(29)33-26(22)32-24-9-7-6-8-23(24)28(4,5)37(34)35/h6-9,14-17,19,30H,10-13H2,1-5H3,(H,34,35)(H3,29,31,32,33). The molecule has 1 atom stereocenters. The van der Waals surface area contributed by atoms with E-state index >= 15 is 0 Å². The molecule has 0 spiro atoms. The minimum atomic E-state index is -2.08. The molecular weight excluding hydrogens is 486 g/mol. The highest BCUT2D eigenvalue weighted by Crippen LogP contribution is 2.42. The molecule has 0 aliphatic carbocycles. The number of nitrogen functional groups attached to an aromatic ring is 1. The molecule has 1 aliphatic heterocycles. The van der Waals surface area contributed by atoms with Crippen LogP contribution in [0, 0.1) is 6.92 Å². The molecule has 1 aliphatic rings. The van der Waals surface area contributed by atoms with Crippen molar-refractivity contribution < 1.29 is 13.5 Å². The predicted octanol–water partition coefficient (Wildman–Crippen LogP) is 5.49. The number of nitrogens with one attached hydrogen (secondary N) is 2. The molecule has 1 unspecified atom stereocenters. The predicted molar refractivity (Wildman–Crippen MR) is 151 cm³/mol. The molecule has 1 fully saturated rings. The van der Waals surface area contributed by atoms with Crippen molar-refractivity contribution in [1.82, 2.24) is 15.3 Å². The number of aryl methyl sites for hydroxylation is 1. The fourth-order valence-corrected chi connectivity index (χ4v) is 5.23. The van der Waals surface area contributed by atoms with Crippen molar-refractivity contribution in [3.05, 3.63) is 59.3 Å². The lowest BCUT2D eigenvalue weighted by molar-refractivity contribution is 0.243. The molecule has 2 heterocycles. The zero-order valence-electron chi connectivity index (χ0n) is 22.2. The molecule has 0 bridgehead atoms. The normalized spacial score (nSPS) is 15.5. The van der Waals surface area contributed by atoms with Gasteiger partial charge in [-0.15, -0.1) is 0 Å². The van der Waals surface area contributed by atoms with Gasteiger partial charge in [-0.3, -0.25) is 0 Å². The molecule has 0 amide bonds. The van der Waals surface area contributed by atoms with Gasteiger partial charge in [0.15, 0.2) is 11.1 Å². The average Bonchev–Trinajstić information content (AvgIpc) is 2.85. The third-order valence-electron chi connectivity index (χ3n) is 6.87. The minimum absolute atomic E-state index is 0.0190. The second kappa shape index (κ2) is 11.2. The molecule has 0 saturated carbocycles. The van der Waals surface area contributed by atoms with E-state index in [9.17, 15) is 8.76 Å². The van der Waals surface area contributed by atoms with E-state index in [-0.39, 0.29) is 12.1 Å². The summed E-state index contributed by atoms with van der Waals surface area (Å²) in [5, 5.41) is 6.82. The quantitative estimate of drug-likeness (QED) is 0.286. The third kappa shape index (κ3) is 5.95. The molecule has 1 saturated heterocycles. The Labute approximate surface area is 221 Å². The number of anilines is 3. The van der Waals surface area contributed by atoms with Gasteiger partial charge in [-0.1, -0.05) is 18.2 Å². The van der Waals surface area contributed by atoms with Gasteiger partial charge in [0, 0.05) is 23.0 Å². The first-order valence-electron chi connectivity index (χ1n) is 12.7. The number of para-hydroxylation sites is 1. The minimum Gasteiger partial charge on any atom is -0.490 e. The molecular formula is C28H37N5O3S. The fraction of sp³-hybridized carbons (Fsp3) is 0.429. The molecule has 9 heteroatoms. The largest absolute Gasteiger partial charge is 0.490 e. The lowest BCUT2D eigenvalue weighted by Gasteiger charge is -2.27. The molecule has 198 valence electrons. The lowest BCUT2D eigenvalue weighted by atomic mass is 9.86. The van der Waals surface area contributed by atoms with E-state index < -0.39 is 15.8 Å². The van der Waals surface area contributed by atoms with Gasteiger partial charge in [-0.05, 0) is 101 Å². The van der Waals surface area contributed by atoms with Gasteiger partial charge in [-0.2, -0.15) is 4.98 Å². The Morgan fingerprint density at radius 3 is 2.57 bits per heavy atom. The van der Waals surface area contributed by atoms with E-state index in [0.29, 0.717) is 23.0 Å². The maximum absolute atomic E-state index is 12.1. The Balaban J connectivity index is 1.83. The first-order chi connectivity index (χ1) is 17.6. The number of piperidine rings is 1. The summed E-state index contributed by atoms with van der Waals surface area (Å²) in [6.45, 7) is 11.7. The van der Waals surface area contributed by atoms with Gasteiger partial charge in [0.1, 0.15) is 11.6 Å². The molecule has 2 aromatic carbocycles. The van der Waals surface area contributed by atoms with E-state index in [1.165, 1.54) is 11.1 Å². The number of rotatable bonds is 8. The van der Waals surface area contributed by atoms with Crippen molar-refractivity contribution in [3.63, 3.8) is 0 Å². The third-order valence-corrected chi connectivity index (χ3v) is 7.97. The molecule has 4 rings (SSSR count). The van der Waals surface area contributed by atoms with Gasteiger partial charge in [0.2, 0.25) is 5.95 Å². The average molecular weight is 524 g/mol. The SMILES string of the molecule is Cc1cc(-c2cnc(N)nc2Nc2ccccc2C(C)(C)S(=O)O)c(OC(C)C)cc1C1CCNCC1. The lowest BCUT2D eigenvalue weighted by Crippen LogP contribution is -2.27. The van der Waals surface area contributed by atoms with E-state index in [2.05, 4.69) is 39.7 Å². The van der Waals surface area contributed by atoms with Crippen molar-refractivity contribution in [3.8, 4) is 16.9 Å². The molecule has 0 radical (unpaired) electrons. The van der Waals surface area contributed by atoms with Crippen LogP contribution in [-0.2, 0) is 15.8 Å². The summed E-state index contributed by atoms with van der Waals surface area (Å²) in [7, 11) is 0. The highest BCUT2D eigenvalue weighted by atomic mass is 32.2. The van der Waals surface area contributed by atoms with E-state index in [4.69, 9.17) is 10.5 Å². The molecule has 1 aromatic heterocycles. The highest BCUT2D eigenvalue weighted by Gasteiger charge is 2.30. The number of hydrogen-bond donors (Lipinski definition) is 4. The summed E-state index contributed by atoms with van der Waals surface area (Å²) in [5.74, 6) is 1.89. The number of benzene rings is 2. The van der Waals surface area contributed by atoms with E-state index in [1.54, 1.807) is 20.0 Å². The van der Waals surface area contributed by atoms with Crippen molar-refractivity contribution >= 4 is 28.5 Å². The van der Waals surface area contributed by atoms with Crippen molar-refractivity contribution in [1.29, 1.82) is 0 Å². The Morgan fingerprint density at radius 2 is 1.89 bits per heavy atom. The van der Waals surface area contributed by atoms with Gasteiger partial charge >= 0.3 is 0 Å². The monoisotopic (exact) mass is 523 g/mol. The van der Waals surface area contributed by atoms with Gasteiger partial charge < -0.3 is 25.7 Å². The second-order valence-electron chi connectivity index (χ2n) is 10.3. The summed E-state index contributed by atoms with van der Waals surface area (Å²) in [6.07, 6.45) is 3.87. The van der Waals surface area contributed by atoms with E-state index in [0.717, 1.165) is 42.8 Å². The summed E-state index contributed by atoms with van der Waals surface area (Å²) >= 11 is -2.08. The van der Waals surface area contributed by atoms with Crippen LogP contribution in [0.2, 0.25) is 0 Å². The second-order valence-corrected chi connectivity index (χ2v) is 11.8. The van der Waals surface area contributed by atoms with Crippen LogP contribution in [0.1, 0.15) is 63.1 Å². The first kappa shape index (κ1) is 27.0. The Hall–Kier alpha value is -3.01. The number of nitrogens with two attached hydrogens (primary N) is 1. The van der Waals surface area contributed by atoms with Crippen LogP contribution in [0.15, 0.2) is 42.6 Å². The van der Waals surface area contributed by atoms with Gasteiger partial charge in [-0.25, -0.2) is 9.19 Å². The van der Waals surface area contributed by atoms with Crippen LogP contribution < -0.4 is 21.1 Å². The first-order valence-corrected chi connectivity index (χ1v) is 13.8. The van der Waals surface area contributed by atoms with Gasteiger partial charge in [0.25, 0.3) is 0 Å². The number of ether oxygens (including phenoxy) is 1. The summed E-state index contributed by atoms with van der Waals surface area (Å²) in [4.78, 5) is 8.82. The van der Waals surface area contributed by atoms with Crippen LogP contribution in [0.3, 0.4) is 0 Å². The molecule has 3 aromatic rings. The summed E-state index contributed by atoms with van der Waals surface area (Å²) in [6, 6.07) is 11.7. The molecule has 8 nitrogen and oxygen atoms in total. The maximum Gasteiger partial charge on any atom is 0.221 e. The van der Waals surface area contributed by atoms with Crippen LogP contribution in [0.4, 0.5) is 17.5 Å². The van der Waals surface area contributed by atoms with Crippen LogP contribution in [0.25, 0.3) is 11.1 Å². The summed E-state index contributed by atoms with van der Waals surface area (Å²) < 4.78 is 27.4. The number of nitrogens with zero attached hydrogens (tertiary/aromatic N) is 2. The van der Waals surface area contributed by atoms with Crippen LogP contribution >= 0.6 is 0 Å². The Kier molecular flexibility index (Phi) is 8.16. The molecule has 5 N–H and O–H groups in total. The van der Waals surface area contributed by atoms with Crippen molar-refractivity contribution in [2.24, 2.45) is 0 Å². The smallest absolute Gasteiger partial charge is 0.221 e. The zero-order chi connectivity index (χ0) is 26.7. The highest BCUT2D eigenvalue weighted by molar-refractivity contribution is 7.80. The Morgan fingerprint density at radius 1 is 1.19 bits per heavy atom. The van der Waals surface area contributed by atoms with Crippen LogP contribution in [-0.4, -0.2) is 37.9 Å². The Bertz CT molecular complexity index is 1290. The zero-order valence-corrected chi connectivity index (χ0v) is 23.0. The number of hydrogen-bond acceptors (Lipinski definition) is 7. The number of aromatic nitrogens is 2. The van der Waals surface area contributed by atoms with Crippen molar-refractivity contribution in [2.75, 3.05) is 24.1 Å². The summed E-state index contributed by atoms with van der Waals surface area (Å²) in [5.41, 5.74) is 11.5. The topological polar surface area (TPSA) is 122 Å². The van der Waals surface area contributed by atoms with Crippen molar-refractivity contribution in [2.45, 2.75) is 64.2 Å². The maximum atomic E-state index is 12.1. The van der Waals surface area contributed by atoms with E-state index in [1.807, 2.05) is 38.1 Å². The van der Waals surface area contributed by atoms with Crippen LogP contribution in [0.5, 0.6) is 5.75 Å². The fourth-order valence-electron chi connectivity index (χ4n) is 4.87. The van der Waals surface area contributed by atoms with Gasteiger partial charge in [0.05, 0.1) is 10.9 Å². The molecule has 37 heavy (non-hydrogen) atoms.